The summed E-state index contributed by atoms with van der Waals surface area (Å²) < 4.78 is 6.67. The first-order valence-electron chi connectivity index (χ1n) is 7.04. The summed E-state index contributed by atoms with van der Waals surface area (Å²) in [6.45, 7) is 10.0. The molecule has 1 aliphatic rings. The molecule has 0 aliphatic heterocycles. The van der Waals surface area contributed by atoms with Crippen LogP contribution >= 0.6 is 15.9 Å². The Morgan fingerprint density at radius 3 is 2.76 bits per heavy atom. The molecule has 0 amide bonds. The Kier molecular flexibility index (Phi) is 4.87. The summed E-state index contributed by atoms with van der Waals surface area (Å²) in [5.74, 6) is -1.70. The van der Waals surface area contributed by atoms with Gasteiger partial charge in [0.1, 0.15) is 0 Å². The van der Waals surface area contributed by atoms with Crippen LogP contribution in [0.1, 0.15) is 25.0 Å². The topological polar surface area (TPSA) is 29.5 Å². The lowest BCUT2D eigenvalue weighted by Crippen LogP contribution is -2.41. The van der Waals surface area contributed by atoms with E-state index in [0.29, 0.717) is 0 Å². The third-order valence-electron chi connectivity index (χ3n) is 3.44. The molecule has 2 rings (SSSR count). The van der Waals surface area contributed by atoms with Crippen LogP contribution in [-0.2, 0) is 4.74 Å². The maximum absolute atomic E-state index is 10.9. The van der Waals surface area contributed by atoms with Crippen molar-refractivity contribution in [3.05, 3.63) is 64.7 Å². The Hall–Kier alpha value is -1.16. The first-order valence-corrected chi connectivity index (χ1v) is 7.84. The van der Waals surface area contributed by atoms with E-state index < -0.39 is 5.79 Å². The Morgan fingerprint density at radius 2 is 2.14 bits per heavy atom. The Balaban J connectivity index is 2.38. The van der Waals surface area contributed by atoms with Crippen molar-refractivity contribution in [1.29, 1.82) is 0 Å². The van der Waals surface area contributed by atoms with Gasteiger partial charge in [-0.05, 0) is 44.1 Å². The molecule has 1 N–H and O–H groups in total. The monoisotopic (exact) mass is 348 g/mol. The normalized spacial score (nSPS) is 25.0. The minimum absolute atomic E-state index is 0.0854. The van der Waals surface area contributed by atoms with Gasteiger partial charge in [0.15, 0.2) is 5.79 Å². The fourth-order valence-electron chi connectivity index (χ4n) is 2.50. The van der Waals surface area contributed by atoms with Crippen LogP contribution in [0.3, 0.4) is 0 Å². The number of aryl methyl sites for hydroxylation is 1. The van der Waals surface area contributed by atoms with Gasteiger partial charge in [0.25, 0.3) is 0 Å². The van der Waals surface area contributed by atoms with Crippen molar-refractivity contribution in [2.24, 2.45) is 5.92 Å². The van der Waals surface area contributed by atoms with Gasteiger partial charge in [0.2, 0.25) is 0 Å². The van der Waals surface area contributed by atoms with Crippen LogP contribution in [-0.4, -0.2) is 17.0 Å². The summed E-state index contributed by atoms with van der Waals surface area (Å²) in [7, 11) is 0. The van der Waals surface area contributed by atoms with Crippen LogP contribution in [0.15, 0.2) is 53.6 Å². The minimum Gasteiger partial charge on any atom is -0.361 e. The number of hydrogen-bond acceptors (Lipinski definition) is 2. The minimum atomic E-state index is -1.37. The highest BCUT2D eigenvalue weighted by Gasteiger charge is 2.39. The molecular weight excluding hydrogens is 328 g/mol. The zero-order valence-corrected chi connectivity index (χ0v) is 14.2. The SMILES string of the molecule is C=C(c1cccc(C)c1)C1C=C(Br)C=CC1(O)OC(C)C. The third-order valence-corrected chi connectivity index (χ3v) is 3.97. The molecule has 0 spiro atoms. The fraction of sp³-hybridized carbons (Fsp3) is 0.333. The molecule has 3 heteroatoms. The molecule has 2 nitrogen and oxygen atoms in total. The number of aliphatic hydroxyl groups is 1. The molecule has 1 aliphatic carbocycles. The highest BCUT2D eigenvalue weighted by Crippen LogP contribution is 2.39. The Labute approximate surface area is 135 Å². The summed E-state index contributed by atoms with van der Waals surface area (Å²) in [4.78, 5) is 0. The van der Waals surface area contributed by atoms with Crippen LogP contribution in [0, 0.1) is 12.8 Å². The third kappa shape index (κ3) is 3.73. The molecule has 0 bridgehead atoms. The number of benzene rings is 1. The summed E-state index contributed by atoms with van der Waals surface area (Å²) in [5, 5.41) is 10.9. The standard InChI is InChI=1S/C18H21BrO2/c1-12(2)21-18(20)9-8-16(19)11-17(18)14(4)15-7-5-6-13(3)10-15/h5-12,17,20H,4H2,1-3H3. The quantitative estimate of drug-likeness (QED) is 0.806. The Morgan fingerprint density at radius 1 is 1.43 bits per heavy atom. The van der Waals surface area contributed by atoms with Crippen LogP contribution in [0.2, 0.25) is 0 Å². The summed E-state index contributed by atoms with van der Waals surface area (Å²) in [6.07, 6.45) is 5.34. The smallest absolute Gasteiger partial charge is 0.196 e. The first-order chi connectivity index (χ1) is 9.82. The fourth-order valence-corrected chi connectivity index (χ4v) is 2.90. The molecule has 2 unspecified atom stereocenters. The first kappa shape index (κ1) is 16.2. The lowest BCUT2D eigenvalue weighted by molar-refractivity contribution is -0.201. The average molecular weight is 349 g/mol. The maximum atomic E-state index is 10.9. The summed E-state index contributed by atoms with van der Waals surface area (Å²) in [6, 6.07) is 8.11. The number of allylic oxidation sites excluding steroid dienone is 2. The van der Waals surface area contributed by atoms with Crippen LogP contribution < -0.4 is 0 Å². The number of hydrogen-bond donors (Lipinski definition) is 1. The zero-order valence-electron chi connectivity index (χ0n) is 12.6. The van der Waals surface area contributed by atoms with Gasteiger partial charge in [0, 0.05) is 4.48 Å². The molecule has 1 aromatic rings. The van der Waals surface area contributed by atoms with Crippen molar-refractivity contribution < 1.29 is 9.84 Å². The molecule has 0 radical (unpaired) electrons. The van der Waals surface area contributed by atoms with Gasteiger partial charge in [-0.25, -0.2) is 0 Å². The van der Waals surface area contributed by atoms with E-state index in [9.17, 15) is 5.11 Å². The molecular formula is C18H21BrO2. The molecule has 1 aromatic carbocycles. The predicted molar refractivity (Wildman–Crippen MR) is 91.0 cm³/mol. The van der Waals surface area contributed by atoms with Gasteiger partial charge >= 0.3 is 0 Å². The van der Waals surface area contributed by atoms with Gasteiger partial charge in [-0.2, -0.15) is 0 Å². The second-order valence-electron chi connectivity index (χ2n) is 5.68. The molecule has 2 atom stereocenters. The van der Waals surface area contributed by atoms with E-state index in [1.165, 1.54) is 0 Å². The largest absolute Gasteiger partial charge is 0.361 e. The molecule has 0 fully saturated rings. The summed E-state index contributed by atoms with van der Waals surface area (Å²) in [5.41, 5.74) is 3.01. The van der Waals surface area contributed by atoms with Crippen LogP contribution in [0.5, 0.6) is 0 Å². The van der Waals surface area contributed by atoms with Gasteiger partial charge < -0.3 is 9.84 Å². The molecule has 0 saturated heterocycles. The van der Waals surface area contributed by atoms with Crippen molar-refractivity contribution in [1.82, 2.24) is 0 Å². The van der Waals surface area contributed by atoms with E-state index in [1.54, 1.807) is 6.08 Å². The maximum Gasteiger partial charge on any atom is 0.196 e. The second kappa shape index (κ2) is 6.30. The van der Waals surface area contributed by atoms with E-state index >= 15 is 0 Å². The van der Waals surface area contributed by atoms with Crippen molar-refractivity contribution in [2.45, 2.75) is 32.7 Å². The van der Waals surface area contributed by atoms with E-state index in [2.05, 4.69) is 28.6 Å². The van der Waals surface area contributed by atoms with Crippen molar-refractivity contribution in [2.75, 3.05) is 0 Å². The zero-order chi connectivity index (χ0) is 15.6. The van der Waals surface area contributed by atoms with Crippen molar-refractivity contribution in [3.63, 3.8) is 0 Å². The highest BCUT2D eigenvalue weighted by molar-refractivity contribution is 9.11. The predicted octanol–water partition coefficient (Wildman–Crippen LogP) is 4.59. The summed E-state index contributed by atoms with van der Waals surface area (Å²) >= 11 is 3.47. The van der Waals surface area contributed by atoms with Crippen LogP contribution in [0.4, 0.5) is 0 Å². The molecule has 21 heavy (non-hydrogen) atoms. The number of ether oxygens (including phenoxy) is 1. The average Bonchev–Trinajstić information content (AvgIpc) is 2.40. The van der Waals surface area contributed by atoms with Gasteiger partial charge in [-0.1, -0.05) is 58.4 Å². The van der Waals surface area contributed by atoms with Gasteiger partial charge in [-0.15, -0.1) is 0 Å². The van der Waals surface area contributed by atoms with Crippen molar-refractivity contribution >= 4 is 21.5 Å². The lowest BCUT2D eigenvalue weighted by atomic mass is 9.83. The Bertz CT molecular complexity index is 601. The molecule has 0 saturated carbocycles. The second-order valence-corrected chi connectivity index (χ2v) is 6.59. The molecule has 0 heterocycles. The van der Waals surface area contributed by atoms with E-state index in [0.717, 1.165) is 21.2 Å². The molecule has 0 aromatic heterocycles. The number of rotatable bonds is 4. The van der Waals surface area contributed by atoms with E-state index in [-0.39, 0.29) is 12.0 Å². The van der Waals surface area contributed by atoms with Gasteiger partial charge in [0.05, 0.1) is 12.0 Å². The van der Waals surface area contributed by atoms with E-state index in [1.807, 2.05) is 51.1 Å². The molecule has 112 valence electrons. The highest BCUT2D eigenvalue weighted by atomic mass is 79.9. The van der Waals surface area contributed by atoms with E-state index in [4.69, 9.17) is 4.74 Å². The van der Waals surface area contributed by atoms with Gasteiger partial charge in [-0.3, -0.25) is 0 Å². The van der Waals surface area contributed by atoms with Crippen LogP contribution in [0.25, 0.3) is 5.57 Å². The number of halogens is 1. The van der Waals surface area contributed by atoms with Crippen molar-refractivity contribution in [3.8, 4) is 0 Å². The lowest BCUT2D eigenvalue weighted by Gasteiger charge is -2.37.